The van der Waals surface area contributed by atoms with Crippen molar-refractivity contribution in [3.63, 3.8) is 0 Å². The van der Waals surface area contributed by atoms with Crippen molar-refractivity contribution in [3.8, 4) is 0 Å². The van der Waals surface area contributed by atoms with Gasteiger partial charge in [-0.1, -0.05) is 6.07 Å². The van der Waals surface area contributed by atoms with E-state index in [0.717, 1.165) is 3.57 Å². The molecule has 1 saturated heterocycles. The highest BCUT2D eigenvalue weighted by Gasteiger charge is 2.46. The molecule has 1 fully saturated rings. The third-order valence-corrected chi connectivity index (χ3v) is 5.57. The summed E-state index contributed by atoms with van der Waals surface area (Å²) in [4.78, 5) is 12.0. The molecule has 0 saturated carbocycles. The lowest BCUT2D eigenvalue weighted by atomic mass is 10.0. The van der Waals surface area contributed by atoms with Gasteiger partial charge in [-0.2, -0.15) is 0 Å². The lowest BCUT2D eigenvalue weighted by Crippen LogP contribution is -2.44. The van der Waals surface area contributed by atoms with E-state index in [1.165, 1.54) is 0 Å². The normalized spacial score (nSPS) is 25.0. The molecule has 3 N–H and O–H groups in total. The summed E-state index contributed by atoms with van der Waals surface area (Å²) in [6.45, 7) is 3.63. The Balaban J connectivity index is 2.22. The van der Waals surface area contributed by atoms with Crippen LogP contribution in [0.5, 0.6) is 0 Å². The first-order valence-corrected chi connectivity index (χ1v) is 9.42. The number of hydrazine groups is 1. The number of anilines is 1. The van der Waals surface area contributed by atoms with Crippen LogP contribution < -0.4 is 15.6 Å². The Morgan fingerprint density at radius 3 is 2.77 bits per heavy atom. The molecule has 7 nitrogen and oxygen atoms in total. The number of hydrogen-bond acceptors (Lipinski definition) is 6. The van der Waals surface area contributed by atoms with Crippen LogP contribution >= 0.6 is 22.6 Å². The first-order valence-electron chi connectivity index (χ1n) is 6.80. The van der Waals surface area contributed by atoms with Gasteiger partial charge in [0.05, 0.1) is 6.61 Å². The van der Waals surface area contributed by atoms with Gasteiger partial charge >= 0.3 is 5.97 Å². The van der Waals surface area contributed by atoms with E-state index < -0.39 is 27.3 Å². The molecule has 0 bridgehead atoms. The van der Waals surface area contributed by atoms with Gasteiger partial charge in [0.15, 0.2) is 5.37 Å². The minimum Gasteiger partial charge on any atom is -0.466 e. The molecule has 22 heavy (non-hydrogen) atoms. The van der Waals surface area contributed by atoms with E-state index in [1.807, 2.05) is 6.07 Å². The molecule has 1 aliphatic rings. The van der Waals surface area contributed by atoms with Crippen LogP contribution in [0.1, 0.15) is 13.8 Å². The molecule has 1 aromatic rings. The Labute approximate surface area is 143 Å². The number of esters is 1. The van der Waals surface area contributed by atoms with E-state index >= 15 is 0 Å². The van der Waals surface area contributed by atoms with Crippen LogP contribution in [0.4, 0.5) is 5.69 Å². The number of carbonyl (C=O) groups is 1. The zero-order chi connectivity index (χ0) is 16.3. The average Bonchev–Trinajstić information content (AvgIpc) is 2.81. The molecule has 0 spiro atoms. The van der Waals surface area contributed by atoms with Gasteiger partial charge in [-0.15, -0.1) is 0 Å². The van der Waals surface area contributed by atoms with Gasteiger partial charge in [-0.05, 0) is 54.6 Å². The Hall–Kier alpha value is -0.910. The predicted molar refractivity (Wildman–Crippen MR) is 91.3 cm³/mol. The van der Waals surface area contributed by atoms with Crippen LogP contribution in [0.3, 0.4) is 0 Å². The lowest BCUT2D eigenvalue weighted by molar-refractivity contribution is -0.148. The molecule has 2 rings (SSSR count). The van der Waals surface area contributed by atoms with E-state index in [9.17, 15) is 13.2 Å². The highest BCUT2D eigenvalue weighted by molar-refractivity contribution is 14.1. The SMILES string of the molecule is CCOC(=O)C1C(C)NNC1S(=O)(=O)Nc1cccc(I)c1. The van der Waals surface area contributed by atoms with Crippen molar-refractivity contribution in [2.24, 2.45) is 5.92 Å². The standard InChI is InChI=1S/C13H18IN3O4S/c1-3-21-13(18)11-8(2)15-16-12(11)22(19,20)17-10-6-4-5-9(14)7-10/h4-8,11-12,15-17H,3H2,1-2H3. The van der Waals surface area contributed by atoms with E-state index in [0.29, 0.717) is 5.69 Å². The molecule has 3 unspecified atom stereocenters. The second-order valence-electron chi connectivity index (χ2n) is 4.93. The summed E-state index contributed by atoms with van der Waals surface area (Å²) in [6.07, 6.45) is 0. The maximum Gasteiger partial charge on any atom is 0.313 e. The lowest BCUT2D eigenvalue weighted by Gasteiger charge is -2.20. The maximum absolute atomic E-state index is 12.6. The number of benzene rings is 1. The summed E-state index contributed by atoms with van der Waals surface area (Å²) in [5.74, 6) is -1.36. The molecule has 1 aliphatic heterocycles. The second-order valence-corrected chi connectivity index (χ2v) is 7.98. The van der Waals surface area contributed by atoms with Crippen LogP contribution in [0.15, 0.2) is 24.3 Å². The molecule has 9 heteroatoms. The number of rotatable bonds is 5. The maximum atomic E-state index is 12.6. The molecule has 0 amide bonds. The van der Waals surface area contributed by atoms with Crippen molar-refractivity contribution in [3.05, 3.63) is 27.8 Å². The number of halogens is 1. The molecule has 0 radical (unpaired) electrons. The third-order valence-electron chi connectivity index (χ3n) is 3.30. The molecule has 0 aliphatic carbocycles. The van der Waals surface area contributed by atoms with E-state index in [-0.39, 0.29) is 12.6 Å². The fraction of sp³-hybridized carbons (Fsp3) is 0.462. The predicted octanol–water partition coefficient (Wildman–Crippen LogP) is 1.03. The number of sulfonamides is 1. The minimum atomic E-state index is -3.80. The monoisotopic (exact) mass is 439 g/mol. The fourth-order valence-electron chi connectivity index (χ4n) is 2.27. The van der Waals surface area contributed by atoms with Crippen LogP contribution in [-0.4, -0.2) is 32.4 Å². The van der Waals surface area contributed by atoms with Crippen molar-refractivity contribution in [1.82, 2.24) is 10.9 Å². The first kappa shape index (κ1) is 17.4. The zero-order valence-corrected chi connectivity index (χ0v) is 15.1. The highest BCUT2D eigenvalue weighted by Crippen LogP contribution is 2.23. The summed E-state index contributed by atoms with van der Waals surface area (Å²) in [6, 6.07) is 6.63. The molecule has 0 aromatic heterocycles. The van der Waals surface area contributed by atoms with Crippen molar-refractivity contribution >= 4 is 44.3 Å². The number of nitrogens with one attached hydrogen (secondary N) is 3. The minimum absolute atomic E-state index is 0.207. The highest BCUT2D eigenvalue weighted by atomic mass is 127. The van der Waals surface area contributed by atoms with Crippen LogP contribution in [0.2, 0.25) is 0 Å². The largest absolute Gasteiger partial charge is 0.466 e. The molecule has 3 atom stereocenters. The molecular weight excluding hydrogens is 421 g/mol. The summed E-state index contributed by atoms with van der Waals surface area (Å²) >= 11 is 2.10. The first-order chi connectivity index (χ1) is 10.3. The van der Waals surface area contributed by atoms with Gasteiger partial charge < -0.3 is 4.74 Å². The Kier molecular flexibility index (Phi) is 5.64. The summed E-state index contributed by atoms with van der Waals surface area (Å²) in [7, 11) is -3.80. The van der Waals surface area contributed by atoms with Gasteiger partial charge in [-0.3, -0.25) is 14.9 Å². The summed E-state index contributed by atoms with van der Waals surface area (Å²) in [5.41, 5.74) is 5.91. The van der Waals surface area contributed by atoms with Crippen molar-refractivity contribution in [1.29, 1.82) is 0 Å². The average molecular weight is 439 g/mol. The van der Waals surface area contributed by atoms with Crippen molar-refractivity contribution < 1.29 is 17.9 Å². The zero-order valence-electron chi connectivity index (χ0n) is 12.2. The van der Waals surface area contributed by atoms with Crippen LogP contribution in [-0.2, 0) is 19.6 Å². The topological polar surface area (TPSA) is 96.5 Å². The van der Waals surface area contributed by atoms with Gasteiger partial charge in [-0.25, -0.2) is 13.8 Å². The third kappa shape index (κ3) is 3.89. The molecule has 1 aromatic carbocycles. The van der Waals surface area contributed by atoms with Crippen molar-refractivity contribution in [2.75, 3.05) is 11.3 Å². The van der Waals surface area contributed by atoms with Gasteiger partial charge in [0.1, 0.15) is 5.92 Å². The Morgan fingerprint density at radius 2 is 2.14 bits per heavy atom. The van der Waals surface area contributed by atoms with Gasteiger partial charge in [0, 0.05) is 15.3 Å². The Morgan fingerprint density at radius 1 is 1.41 bits per heavy atom. The van der Waals surface area contributed by atoms with E-state index in [4.69, 9.17) is 4.74 Å². The second kappa shape index (κ2) is 7.11. The number of carbonyl (C=O) groups excluding carboxylic acids is 1. The molecular formula is C13H18IN3O4S. The smallest absolute Gasteiger partial charge is 0.313 e. The fourth-order valence-corrected chi connectivity index (χ4v) is 4.35. The van der Waals surface area contributed by atoms with Gasteiger partial charge in [0.2, 0.25) is 0 Å². The van der Waals surface area contributed by atoms with E-state index in [2.05, 4.69) is 38.2 Å². The summed E-state index contributed by atoms with van der Waals surface area (Å²) in [5, 5.41) is -1.10. The molecule has 122 valence electrons. The van der Waals surface area contributed by atoms with Gasteiger partial charge in [0.25, 0.3) is 10.0 Å². The number of ether oxygens (including phenoxy) is 1. The van der Waals surface area contributed by atoms with Crippen molar-refractivity contribution in [2.45, 2.75) is 25.3 Å². The van der Waals surface area contributed by atoms with Crippen LogP contribution in [0, 0.1) is 9.49 Å². The number of hydrogen-bond donors (Lipinski definition) is 3. The summed E-state index contributed by atoms with van der Waals surface area (Å²) < 4.78 is 33.5. The molecule has 1 heterocycles. The quantitative estimate of drug-likeness (QED) is 0.469. The van der Waals surface area contributed by atoms with Crippen LogP contribution in [0.25, 0.3) is 0 Å². The Bertz CT molecular complexity index is 652. The van der Waals surface area contributed by atoms with E-state index in [1.54, 1.807) is 32.0 Å².